The summed E-state index contributed by atoms with van der Waals surface area (Å²) >= 11 is 0. The van der Waals surface area contributed by atoms with Gasteiger partial charge in [-0.1, -0.05) is 48.5 Å². The number of aliphatic hydroxyl groups is 1. The minimum atomic E-state index is -1.33. The van der Waals surface area contributed by atoms with E-state index in [4.69, 9.17) is 4.74 Å². The molecule has 7 nitrogen and oxygen atoms in total. The molecule has 1 aliphatic carbocycles. The molecule has 6 rings (SSSR count). The van der Waals surface area contributed by atoms with Crippen LogP contribution in [0.1, 0.15) is 54.9 Å². The van der Waals surface area contributed by atoms with Gasteiger partial charge in [0.05, 0.1) is 12.6 Å². The molecule has 0 spiro atoms. The Kier molecular flexibility index (Phi) is 9.98. The Bertz CT molecular complexity index is 1660. The predicted molar refractivity (Wildman–Crippen MR) is 172 cm³/mol. The highest BCUT2D eigenvalue weighted by Crippen LogP contribution is 2.38. The van der Waals surface area contributed by atoms with Gasteiger partial charge in [0.25, 0.3) is 5.91 Å². The number of amides is 2. The van der Waals surface area contributed by atoms with Crippen molar-refractivity contribution in [3.8, 4) is 5.75 Å². The number of halogens is 3. The van der Waals surface area contributed by atoms with Gasteiger partial charge in [0.15, 0.2) is 17.4 Å². The number of aryl methyl sites for hydroxylation is 1. The number of carbonyl (C=O) groups is 2. The number of nitrogens with zero attached hydrogens (tertiary/aromatic N) is 2. The average Bonchev–Trinajstić information content (AvgIpc) is 3.91. The van der Waals surface area contributed by atoms with Crippen LogP contribution in [0, 0.1) is 17.5 Å². The predicted octanol–water partition coefficient (Wildman–Crippen LogP) is 5.19. The van der Waals surface area contributed by atoms with E-state index >= 15 is 0 Å². The molecular formula is C37H40F3N3O4. The quantitative estimate of drug-likeness (QED) is 0.209. The molecule has 0 radical (unpaired) electrons. The number of nitrogens with one attached hydrogen (secondary N) is 1. The number of carbonyl (C=O) groups excluding carboxylic acids is 2. The summed E-state index contributed by atoms with van der Waals surface area (Å²) in [5.74, 6) is -4.18. The van der Waals surface area contributed by atoms with Crippen molar-refractivity contribution < 1.29 is 32.6 Å². The van der Waals surface area contributed by atoms with Crippen LogP contribution in [-0.2, 0) is 29.0 Å². The van der Waals surface area contributed by atoms with Gasteiger partial charge in [-0.05, 0) is 78.5 Å². The van der Waals surface area contributed by atoms with E-state index in [2.05, 4.69) is 5.32 Å². The molecule has 1 saturated carbocycles. The van der Waals surface area contributed by atoms with Crippen LogP contribution >= 0.6 is 0 Å². The Morgan fingerprint density at radius 2 is 1.68 bits per heavy atom. The molecule has 1 saturated heterocycles. The lowest BCUT2D eigenvalue weighted by atomic mass is 9.82. The van der Waals surface area contributed by atoms with Gasteiger partial charge in [-0.2, -0.15) is 4.39 Å². The summed E-state index contributed by atoms with van der Waals surface area (Å²) in [6, 6.07) is 17.3. The lowest BCUT2D eigenvalue weighted by molar-refractivity contribution is -0.132. The molecule has 2 atom stereocenters. The van der Waals surface area contributed by atoms with Gasteiger partial charge in [-0.15, -0.1) is 0 Å². The fourth-order valence-corrected chi connectivity index (χ4v) is 6.76. The van der Waals surface area contributed by atoms with Gasteiger partial charge in [0, 0.05) is 50.8 Å². The smallest absolute Gasteiger partial charge is 0.252 e. The molecule has 2 amide bonds. The molecular weight excluding hydrogens is 607 g/mol. The number of benzene rings is 3. The molecule has 3 aromatic rings. The highest BCUT2D eigenvalue weighted by atomic mass is 19.2. The second-order valence-corrected chi connectivity index (χ2v) is 12.7. The molecule has 2 fully saturated rings. The minimum Gasteiger partial charge on any atom is -0.488 e. The molecule has 2 heterocycles. The number of piperazine rings is 1. The molecule has 2 N–H and O–H groups in total. The topological polar surface area (TPSA) is 82.1 Å². The van der Waals surface area contributed by atoms with Crippen LogP contribution in [0.3, 0.4) is 0 Å². The largest absolute Gasteiger partial charge is 0.488 e. The SMILES string of the molecule is CC(=O)N1C[C@H]2CC(c3ccc(CCCOc4c(F)ccc(F)c4F)cc3)=C(C(=O)N(Cc3ccccc3CCO)C3CC3)[C@@H](C1)N2. The van der Waals surface area contributed by atoms with Gasteiger partial charge in [-0.3, -0.25) is 9.59 Å². The lowest BCUT2D eigenvalue weighted by Crippen LogP contribution is -2.61. The van der Waals surface area contributed by atoms with Crippen molar-refractivity contribution in [1.29, 1.82) is 0 Å². The number of aliphatic hydroxyl groups excluding tert-OH is 1. The molecule has 3 aromatic carbocycles. The summed E-state index contributed by atoms with van der Waals surface area (Å²) < 4.78 is 46.5. The molecule has 3 aliphatic rings. The van der Waals surface area contributed by atoms with Gasteiger partial charge in [-0.25, -0.2) is 8.78 Å². The summed E-state index contributed by atoms with van der Waals surface area (Å²) in [7, 11) is 0. The van der Waals surface area contributed by atoms with Crippen molar-refractivity contribution in [2.24, 2.45) is 0 Å². The monoisotopic (exact) mass is 647 g/mol. The molecule has 2 bridgehead atoms. The van der Waals surface area contributed by atoms with Gasteiger partial charge < -0.3 is 25.0 Å². The zero-order chi connectivity index (χ0) is 33.1. The summed E-state index contributed by atoms with van der Waals surface area (Å²) in [6.07, 6.45) is 4.03. The van der Waals surface area contributed by atoms with Crippen molar-refractivity contribution in [3.63, 3.8) is 0 Å². The Balaban J connectivity index is 1.24. The minimum absolute atomic E-state index is 0.00932. The van der Waals surface area contributed by atoms with E-state index in [1.807, 2.05) is 58.3 Å². The summed E-state index contributed by atoms with van der Waals surface area (Å²) in [6.45, 7) is 3.06. The zero-order valence-corrected chi connectivity index (χ0v) is 26.5. The maximum absolute atomic E-state index is 14.6. The van der Waals surface area contributed by atoms with E-state index in [1.165, 1.54) is 0 Å². The van der Waals surface area contributed by atoms with E-state index in [-0.39, 0.29) is 43.2 Å². The van der Waals surface area contributed by atoms with Crippen LogP contribution in [0.5, 0.6) is 5.75 Å². The maximum Gasteiger partial charge on any atom is 0.252 e. The number of hydrogen-bond donors (Lipinski definition) is 2. The lowest BCUT2D eigenvalue weighted by Gasteiger charge is -2.44. The van der Waals surface area contributed by atoms with Crippen LogP contribution in [-0.4, -0.2) is 71.1 Å². The number of ether oxygens (including phenoxy) is 1. The number of fused-ring (bicyclic) bond motifs is 2. The van der Waals surface area contributed by atoms with Crippen molar-refractivity contribution in [2.45, 2.75) is 70.1 Å². The first-order valence-corrected chi connectivity index (χ1v) is 16.3. The maximum atomic E-state index is 14.6. The standard InChI is InChI=1S/C37H40F3N3O4/c1-23(45)42-21-28-19-30(26-10-8-24(9-11-26)5-4-18-47-36-32(39)15-14-31(38)35(36)40)34(33(22-42)41-28)37(46)43(29-12-13-29)20-27-7-3-2-6-25(27)16-17-44/h2-3,6-11,14-15,28-29,33,41,44H,4-5,12-13,16-22H2,1H3/t28-,33-/m1/s1. The number of rotatable bonds is 12. The third kappa shape index (κ3) is 7.39. The summed E-state index contributed by atoms with van der Waals surface area (Å²) in [5, 5.41) is 13.2. The molecule has 248 valence electrons. The first-order valence-electron chi connectivity index (χ1n) is 16.3. The summed E-state index contributed by atoms with van der Waals surface area (Å²) in [4.78, 5) is 30.8. The van der Waals surface area contributed by atoms with Crippen molar-refractivity contribution >= 4 is 17.4 Å². The van der Waals surface area contributed by atoms with Crippen molar-refractivity contribution in [3.05, 3.63) is 106 Å². The third-order valence-electron chi connectivity index (χ3n) is 9.33. The van der Waals surface area contributed by atoms with Gasteiger partial charge in [0.1, 0.15) is 0 Å². The van der Waals surface area contributed by atoms with Crippen LogP contribution in [0.4, 0.5) is 13.2 Å². The Morgan fingerprint density at radius 3 is 2.38 bits per heavy atom. The van der Waals surface area contributed by atoms with E-state index in [0.29, 0.717) is 50.9 Å². The van der Waals surface area contributed by atoms with Gasteiger partial charge >= 0.3 is 0 Å². The van der Waals surface area contributed by atoms with Crippen LogP contribution in [0.2, 0.25) is 0 Å². The zero-order valence-electron chi connectivity index (χ0n) is 26.5. The Labute approximate surface area is 273 Å². The fourth-order valence-electron chi connectivity index (χ4n) is 6.76. The molecule has 0 unspecified atom stereocenters. The van der Waals surface area contributed by atoms with Crippen LogP contribution in [0.15, 0.2) is 66.2 Å². The first kappa shape index (κ1) is 32.8. The Hall–Kier alpha value is -4.15. The van der Waals surface area contributed by atoms with E-state index in [9.17, 15) is 27.9 Å². The third-order valence-corrected chi connectivity index (χ3v) is 9.33. The normalized spacial score (nSPS) is 19.1. The molecule has 10 heteroatoms. The second kappa shape index (κ2) is 14.3. The highest BCUT2D eigenvalue weighted by Gasteiger charge is 2.43. The van der Waals surface area contributed by atoms with Crippen molar-refractivity contribution in [1.82, 2.24) is 15.1 Å². The first-order chi connectivity index (χ1) is 22.7. The second-order valence-electron chi connectivity index (χ2n) is 12.7. The Morgan fingerprint density at radius 1 is 0.957 bits per heavy atom. The fraction of sp³-hybridized carbons (Fsp3) is 0.405. The van der Waals surface area contributed by atoms with E-state index in [0.717, 1.165) is 52.8 Å². The van der Waals surface area contributed by atoms with Gasteiger partial charge in [0.2, 0.25) is 11.7 Å². The number of hydrogen-bond acceptors (Lipinski definition) is 5. The molecule has 0 aromatic heterocycles. The van der Waals surface area contributed by atoms with Crippen molar-refractivity contribution in [2.75, 3.05) is 26.3 Å². The average molecular weight is 648 g/mol. The highest BCUT2D eigenvalue weighted by molar-refractivity contribution is 6.03. The molecule has 47 heavy (non-hydrogen) atoms. The summed E-state index contributed by atoms with van der Waals surface area (Å²) in [5.41, 5.74) is 5.66. The van der Waals surface area contributed by atoms with Crippen LogP contribution < -0.4 is 10.1 Å². The van der Waals surface area contributed by atoms with E-state index < -0.39 is 23.2 Å². The van der Waals surface area contributed by atoms with E-state index in [1.54, 1.807) is 6.92 Å². The van der Waals surface area contributed by atoms with Crippen LogP contribution in [0.25, 0.3) is 5.57 Å². The molecule has 2 aliphatic heterocycles.